The fourth-order valence-corrected chi connectivity index (χ4v) is 1.75. The second kappa shape index (κ2) is 15.8. The predicted octanol–water partition coefficient (Wildman–Crippen LogP) is 1.73. The van der Waals surface area contributed by atoms with Gasteiger partial charge in [-0.2, -0.15) is 0 Å². The summed E-state index contributed by atoms with van der Waals surface area (Å²) in [5.41, 5.74) is 2.20. The summed E-state index contributed by atoms with van der Waals surface area (Å²) >= 11 is 2.15. The van der Waals surface area contributed by atoms with Crippen molar-refractivity contribution in [1.29, 1.82) is 0 Å². The number of allylic oxidation sites excluding steroid dienone is 1. The molecule has 2 nitrogen and oxygen atoms in total. The van der Waals surface area contributed by atoms with Gasteiger partial charge in [0.2, 0.25) is 0 Å². The van der Waals surface area contributed by atoms with Crippen LogP contribution >= 0.6 is 22.6 Å². The average Bonchev–Trinajstić information content (AvgIpc) is 2.64. The SMILES string of the molecule is CC.CC[N-]C(=O)C1=C(C)CC(C)C1.CI.[Rb+]. The third-order valence-electron chi connectivity index (χ3n) is 2.28. The van der Waals surface area contributed by atoms with Gasteiger partial charge in [-0.1, -0.05) is 55.9 Å². The first kappa shape index (κ1) is 23.8. The van der Waals surface area contributed by atoms with Crippen molar-refractivity contribution in [3.63, 3.8) is 0 Å². The van der Waals surface area contributed by atoms with Crippen molar-refractivity contribution in [2.24, 2.45) is 5.92 Å². The summed E-state index contributed by atoms with van der Waals surface area (Å²) in [5, 5.41) is 3.89. The van der Waals surface area contributed by atoms with Crippen LogP contribution in [-0.4, -0.2) is 17.4 Å². The molecule has 0 bridgehead atoms. The molecule has 4 heteroatoms. The third-order valence-corrected chi connectivity index (χ3v) is 2.28. The first-order valence-corrected chi connectivity index (χ1v) is 8.09. The van der Waals surface area contributed by atoms with E-state index in [0.29, 0.717) is 12.5 Å². The Labute approximate surface area is 170 Å². The van der Waals surface area contributed by atoms with Gasteiger partial charge in [-0.3, -0.25) is 0 Å². The van der Waals surface area contributed by atoms with Crippen LogP contribution in [0, 0.1) is 5.92 Å². The molecule has 1 atom stereocenters. The van der Waals surface area contributed by atoms with Crippen LogP contribution in [0.3, 0.4) is 0 Å². The molecule has 0 fully saturated rings. The van der Waals surface area contributed by atoms with E-state index in [0.717, 1.165) is 18.4 Å². The molecule has 0 saturated carbocycles. The Hall–Kier alpha value is 1.75. The molecule has 0 aromatic carbocycles. The quantitative estimate of drug-likeness (QED) is 0.492. The summed E-state index contributed by atoms with van der Waals surface area (Å²) < 4.78 is 0. The van der Waals surface area contributed by atoms with Crippen LogP contribution in [0.4, 0.5) is 0 Å². The molecule has 1 aliphatic rings. The van der Waals surface area contributed by atoms with E-state index in [1.165, 1.54) is 5.57 Å². The first-order valence-electron chi connectivity index (χ1n) is 5.93. The van der Waals surface area contributed by atoms with E-state index in [4.69, 9.17) is 0 Å². The molecule has 0 spiro atoms. The number of hydrogen-bond acceptors (Lipinski definition) is 1. The molecule has 0 aromatic rings. The Kier molecular flexibility index (Phi) is 22.1. The molecule has 0 saturated heterocycles. The van der Waals surface area contributed by atoms with E-state index in [1.54, 1.807) is 0 Å². The fraction of sp³-hybridized carbons (Fsp3) is 0.769. The number of amides is 1. The van der Waals surface area contributed by atoms with Crippen LogP contribution in [-0.2, 0) is 4.79 Å². The minimum absolute atomic E-state index is 0. The molecule has 0 radical (unpaired) electrons. The van der Waals surface area contributed by atoms with E-state index >= 15 is 0 Å². The first-order chi connectivity index (χ1) is 7.65. The summed E-state index contributed by atoms with van der Waals surface area (Å²) in [6.07, 6.45) is 1.99. The van der Waals surface area contributed by atoms with Crippen molar-refractivity contribution >= 4 is 28.5 Å². The van der Waals surface area contributed by atoms with Crippen molar-refractivity contribution in [2.45, 2.75) is 47.5 Å². The zero-order valence-electron chi connectivity index (χ0n) is 12.4. The summed E-state index contributed by atoms with van der Waals surface area (Å²) in [7, 11) is 0. The van der Waals surface area contributed by atoms with E-state index in [1.807, 2.05) is 32.6 Å². The molecule has 1 unspecified atom stereocenters. The van der Waals surface area contributed by atoms with E-state index in [2.05, 4.69) is 34.8 Å². The summed E-state index contributed by atoms with van der Waals surface area (Å²) in [6.45, 7) is 10.7. The third kappa shape index (κ3) is 10.2. The van der Waals surface area contributed by atoms with Crippen LogP contribution in [0.15, 0.2) is 11.1 Å². The standard InChI is InChI=1S/C10H17NO.C2H6.CH3I.Rb/c1-4-11-10(12)9-6-7(2)5-8(9)3;2*1-2;/h7H,4-6H2,1-3H3,(H,11,12);1-2H3;1H3;/q;;;+1/p-1. The number of likely N-dealkylation sites (N-methyl/N-ethyl adjacent to an activating group) is 1. The van der Waals surface area contributed by atoms with Gasteiger partial charge in [0.1, 0.15) is 0 Å². The zero-order chi connectivity index (χ0) is 13.1. The second-order valence-corrected chi connectivity index (χ2v) is 3.55. The van der Waals surface area contributed by atoms with Crippen molar-refractivity contribution in [3.05, 3.63) is 16.5 Å². The van der Waals surface area contributed by atoms with Gasteiger partial charge in [0.15, 0.2) is 0 Å². The van der Waals surface area contributed by atoms with Crippen LogP contribution in [0.2, 0.25) is 0 Å². The number of halogens is 1. The molecular formula is C13H25INORb. The van der Waals surface area contributed by atoms with Crippen LogP contribution in [0.25, 0.3) is 5.32 Å². The minimum Gasteiger partial charge on any atom is -0.650 e. The van der Waals surface area contributed by atoms with Gasteiger partial charge in [-0.25, -0.2) is 0 Å². The largest absolute Gasteiger partial charge is 1.00 e. The molecule has 0 heterocycles. The van der Waals surface area contributed by atoms with Gasteiger partial charge in [-0.05, 0) is 36.2 Å². The molecule has 17 heavy (non-hydrogen) atoms. The van der Waals surface area contributed by atoms with Gasteiger partial charge in [-0.15, -0.1) is 6.54 Å². The Morgan fingerprint density at radius 2 is 1.82 bits per heavy atom. The van der Waals surface area contributed by atoms with Crippen molar-refractivity contribution in [2.75, 3.05) is 11.5 Å². The number of alkyl halides is 1. The van der Waals surface area contributed by atoms with Gasteiger partial charge < -0.3 is 10.1 Å². The topological polar surface area (TPSA) is 31.2 Å². The van der Waals surface area contributed by atoms with Crippen LogP contribution in [0.1, 0.15) is 47.5 Å². The van der Waals surface area contributed by atoms with Crippen LogP contribution in [0.5, 0.6) is 0 Å². The molecule has 96 valence electrons. The van der Waals surface area contributed by atoms with Crippen molar-refractivity contribution in [3.8, 4) is 0 Å². The second-order valence-electron chi connectivity index (χ2n) is 3.55. The molecule has 1 rings (SSSR count). The zero-order valence-corrected chi connectivity index (χ0v) is 19.5. The maximum atomic E-state index is 11.4. The Morgan fingerprint density at radius 1 is 1.35 bits per heavy atom. The number of nitrogens with zero attached hydrogens (tertiary/aromatic N) is 1. The Morgan fingerprint density at radius 3 is 2.12 bits per heavy atom. The summed E-state index contributed by atoms with van der Waals surface area (Å²) in [5.74, 6) is 0.648. The summed E-state index contributed by atoms with van der Waals surface area (Å²) in [4.78, 5) is 13.3. The van der Waals surface area contributed by atoms with E-state index in [9.17, 15) is 4.79 Å². The number of carbonyl (C=O) groups excluding carboxylic acids is 1. The maximum absolute atomic E-state index is 11.4. The molecular weight excluding hydrogens is 399 g/mol. The predicted molar refractivity (Wildman–Crippen MR) is 81.3 cm³/mol. The van der Waals surface area contributed by atoms with Crippen LogP contribution < -0.4 is 58.2 Å². The molecule has 1 amide bonds. The molecule has 0 aromatic heterocycles. The average molecular weight is 424 g/mol. The van der Waals surface area contributed by atoms with E-state index in [-0.39, 0.29) is 64.1 Å². The number of carbonyl (C=O) groups is 1. The van der Waals surface area contributed by atoms with Gasteiger partial charge >= 0.3 is 58.2 Å². The smallest absolute Gasteiger partial charge is 0.650 e. The van der Waals surface area contributed by atoms with E-state index < -0.39 is 0 Å². The number of rotatable bonds is 2. The Bertz CT molecular complexity index is 229. The van der Waals surface area contributed by atoms with Crippen molar-refractivity contribution < 1.29 is 63.0 Å². The van der Waals surface area contributed by atoms with Crippen molar-refractivity contribution in [1.82, 2.24) is 0 Å². The normalized spacial score (nSPS) is 17.0. The van der Waals surface area contributed by atoms with Gasteiger partial charge in [0.05, 0.1) is 5.91 Å². The minimum atomic E-state index is 0. The van der Waals surface area contributed by atoms with Gasteiger partial charge in [0.25, 0.3) is 0 Å². The summed E-state index contributed by atoms with van der Waals surface area (Å²) in [6, 6.07) is 0. The number of hydrogen-bond donors (Lipinski definition) is 0. The van der Waals surface area contributed by atoms with Gasteiger partial charge in [0, 0.05) is 0 Å². The fourth-order valence-electron chi connectivity index (χ4n) is 1.75. The molecule has 0 N–H and O–H groups in total. The molecule has 0 aliphatic heterocycles. The molecule has 1 aliphatic carbocycles. The Balaban J connectivity index is -0.000000355. The maximum Gasteiger partial charge on any atom is 1.00 e. The monoisotopic (exact) mass is 423 g/mol.